The van der Waals surface area contributed by atoms with Gasteiger partial charge in [0, 0.05) is 19.3 Å². The van der Waals surface area contributed by atoms with E-state index in [0.29, 0.717) is 11.6 Å². The van der Waals surface area contributed by atoms with E-state index in [0.717, 1.165) is 18.3 Å². The number of anilines is 2. The summed E-state index contributed by atoms with van der Waals surface area (Å²) in [6.45, 7) is 0. The van der Waals surface area contributed by atoms with Gasteiger partial charge < -0.3 is 10.6 Å². The lowest BCUT2D eigenvalue weighted by Crippen LogP contribution is -2.12. The minimum absolute atomic E-state index is 0.302. The van der Waals surface area contributed by atoms with E-state index in [4.69, 9.17) is 0 Å². The van der Waals surface area contributed by atoms with Crippen LogP contribution in [0.2, 0.25) is 0 Å². The lowest BCUT2D eigenvalue weighted by atomic mass is 10.2. The van der Waals surface area contributed by atoms with Crippen LogP contribution in [0.25, 0.3) is 12.2 Å². The average molecular weight is 621 g/mol. The Hall–Kier alpha value is -2.53. The molecular weight excluding hydrogens is 604 g/mol. The molecule has 7 heteroatoms. The van der Waals surface area contributed by atoms with Crippen LogP contribution in [-0.4, -0.2) is 16.8 Å². The fourth-order valence-electron chi connectivity index (χ4n) is 2.47. The molecule has 0 fully saturated rings. The molecule has 1 heterocycles. The fraction of sp³-hybridized carbons (Fsp3) is 0. The van der Waals surface area contributed by atoms with Gasteiger partial charge in [-0.1, -0.05) is 30.3 Å². The summed E-state index contributed by atoms with van der Waals surface area (Å²) in [6, 6.07) is 20.7. The molecule has 2 amide bonds. The number of nitrogens with one attached hydrogen (secondary N) is 2. The molecule has 0 radical (unpaired) electrons. The molecule has 0 aliphatic rings. The first-order valence-electron chi connectivity index (χ1n) is 8.94. The van der Waals surface area contributed by atoms with Gasteiger partial charge in [0.25, 0.3) is 0 Å². The molecule has 0 saturated heterocycles. The second-order valence-electron chi connectivity index (χ2n) is 6.16. The molecule has 0 atom stereocenters. The molecule has 2 N–H and O–H groups in total. The van der Waals surface area contributed by atoms with Gasteiger partial charge >= 0.3 is 0 Å². The molecular formula is C23H17I2N3O2. The maximum Gasteiger partial charge on any atom is 0.249 e. The number of hydrogen-bond donors (Lipinski definition) is 2. The first-order chi connectivity index (χ1) is 14.5. The summed E-state index contributed by atoms with van der Waals surface area (Å²) in [4.78, 5) is 28.6. The summed E-state index contributed by atoms with van der Waals surface area (Å²) in [5, 5.41) is 5.39. The van der Waals surface area contributed by atoms with Crippen molar-refractivity contribution in [3.63, 3.8) is 0 Å². The maximum absolute atomic E-state index is 12.2. The van der Waals surface area contributed by atoms with E-state index in [1.807, 2.05) is 48.5 Å². The minimum atomic E-state index is -0.302. The topological polar surface area (TPSA) is 71.1 Å². The molecule has 0 bridgehead atoms. The lowest BCUT2D eigenvalue weighted by molar-refractivity contribution is -0.112. The highest BCUT2D eigenvalue weighted by molar-refractivity contribution is 14.1. The molecule has 2 aromatic carbocycles. The van der Waals surface area contributed by atoms with Gasteiger partial charge in [0.05, 0.1) is 0 Å². The van der Waals surface area contributed by atoms with Crippen LogP contribution >= 0.6 is 45.2 Å². The zero-order valence-electron chi connectivity index (χ0n) is 15.7. The number of rotatable bonds is 6. The van der Waals surface area contributed by atoms with Gasteiger partial charge in [-0.15, -0.1) is 0 Å². The standard InChI is InChI=1S/C23H17I2N3O2/c24-18-6-1-4-16(14-18)10-12-22(29)27-20-8-3-9-21(26-20)28-23(30)13-11-17-5-2-7-19(25)15-17/h1-15H,(H2,26,27,28,29,30)/b12-10-,13-11+. The number of pyridine rings is 1. The van der Waals surface area contributed by atoms with Crippen molar-refractivity contribution in [3.05, 3.63) is 97.1 Å². The second kappa shape index (κ2) is 11.0. The predicted octanol–water partition coefficient (Wildman–Crippen LogP) is 5.59. The fourth-order valence-corrected chi connectivity index (χ4v) is 3.61. The van der Waals surface area contributed by atoms with E-state index < -0.39 is 0 Å². The van der Waals surface area contributed by atoms with Crippen LogP contribution in [0.15, 0.2) is 78.9 Å². The van der Waals surface area contributed by atoms with Gasteiger partial charge in [0.1, 0.15) is 11.6 Å². The SMILES string of the molecule is O=C(/C=C\c1cccc(I)c1)Nc1cccc(NC(=O)/C=C/c2cccc(I)c2)n1. The second-order valence-corrected chi connectivity index (χ2v) is 8.65. The quantitative estimate of drug-likeness (QED) is 0.279. The maximum atomic E-state index is 12.2. The van der Waals surface area contributed by atoms with Crippen molar-refractivity contribution in [1.29, 1.82) is 0 Å². The number of nitrogens with zero attached hydrogens (tertiary/aromatic N) is 1. The third kappa shape index (κ3) is 7.38. The summed E-state index contributed by atoms with van der Waals surface area (Å²) in [5.74, 6) is 0.102. The molecule has 0 aliphatic carbocycles. The Morgan fingerprint density at radius 2 is 1.13 bits per heavy atom. The van der Waals surface area contributed by atoms with Gasteiger partial charge in [0.15, 0.2) is 0 Å². The Morgan fingerprint density at radius 1 is 0.700 bits per heavy atom. The van der Waals surface area contributed by atoms with Crippen LogP contribution in [0, 0.1) is 7.14 Å². The van der Waals surface area contributed by atoms with E-state index in [9.17, 15) is 9.59 Å². The van der Waals surface area contributed by atoms with Gasteiger partial charge in [-0.25, -0.2) is 4.98 Å². The van der Waals surface area contributed by atoms with E-state index >= 15 is 0 Å². The van der Waals surface area contributed by atoms with Crippen LogP contribution in [0.1, 0.15) is 11.1 Å². The van der Waals surface area contributed by atoms with Crippen molar-refractivity contribution >= 4 is 80.8 Å². The lowest BCUT2D eigenvalue weighted by Gasteiger charge is -2.05. The van der Waals surface area contributed by atoms with E-state index in [1.165, 1.54) is 12.2 Å². The highest BCUT2D eigenvalue weighted by Crippen LogP contribution is 2.12. The van der Waals surface area contributed by atoms with Gasteiger partial charge in [0.2, 0.25) is 11.8 Å². The number of benzene rings is 2. The van der Waals surface area contributed by atoms with Crippen LogP contribution in [-0.2, 0) is 9.59 Å². The molecule has 3 aromatic rings. The number of carbonyl (C=O) groups excluding carboxylic acids is 2. The monoisotopic (exact) mass is 621 g/mol. The van der Waals surface area contributed by atoms with Crippen LogP contribution < -0.4 is 10.6 Å². The molecule has 150 valence electrons. The van der Waals surface area contributed by atoms with Crippen molar-refractivity contribution in [2.24, 2.45) is 0 Å². The summed E-state index contributed by atoms with van der Waals surface area (Å²) < 4.78 is 2.19. The zero-order valence-corrected chi connectivity index (χ0v) is 20.0. The van der Waals surface area contributed by atoms with Gasteiger partial charge in [-0.05, 0) is 105 Å². The number of aromatic nitrogens is 1. The molecule has 0 unspecified atom stereocenters. The smallest absolute Gasteiger partial charge is 0.249 e. The Kier molecular flexibility index (Phi) is 8.14. The number of carbonyl (C=O) groups is 2. The van der Waals surface area contributed by atoms with Crippen molar-refractivity contribution in [3.8, 4) is 0 Å². The van der Waals surface area contributed by atoms with Crippen LogP contribution in [0.4, 0.5) is 11.6 Å². The molecule has 3 rings (SSSR count). The normalized spacial score (nSPS) is 11.0. The van der Waals surface area contributed by atoms with Gasteiger partial charge in [-0.2, -0.15) is 0 Å². The van der Waals surface area contributed by atoms with E-state index in [2.05, 4.69) is 60.8 Å². The predicted molar refractivity (Wildman–Crippen MR) is 138 cm³/mol. The number of hydrogen-bond acceptors (Lipinski definition) is 3. The number of amides is 2. The van der Waals surface area contributed by atoms with E-state index in [1.54, 1.807) is 30.4 Å². The molecule has 0 spiro atoms. The highest BCUT2D eigenvalue weighted by atomic mass is 127. The molecule has 0 aliphatic heterocycles. The minimum Gasteiger partial charge on any atom is -0.307 e. The largest absolute Gasteiger partial charge is 0.307 e. The van der Waals surface area contributed by atoms with Crippen molar-refractivity contribution < 1.29 is 9.59 Å². The van der Waals surface area contributed by atoms with Crippen LogP contribution in [0.5, 0.6) is 0 Å². The van der Waals surface area contributed by atoms with Gasteiger partial charge in [-0.3, -0.25) is 9.59 Å². The third-order valence-electron chi connectivity index (χ3n) is 3.80. The zero-order chi connectivity index (χ0) is 21.3. The Balaban J connectivity index is 1.58. The molecule has 0 saturated carbocycles. The molecule has 5 nitrogen and oxygen atoms in total. The molecule has 30 heavy (non-hydrogen) atoms. The Morgan fingerprint density at radius 3 is 1.57 bits per heavy atom. The van der Waals surface area contributed by atoms with Crippen molar-refractivity contribution in [2.45, 2.75) is 0 Å². The first-order valence-corrected chi connectivity index (χ1v) is 11.1. The summed E-state index contributed by atoms with van der Waals surface area (Å²) in [7, 11) is 0. The third-order valence-corrected chi connectivity index (χ3v) is 5.15. The summed E-state index contributed by atoms with van der Waals surface area (Å²) in [5.41, 5.74) is 1.87. The highest BCUT2D eigenvalue weighted by Gasteiger charge is 2.03. The van der Waals surface area contributed by atoms with Crippen molar-refractivity contribution in [2.75, 3.05) is 10.6 Å². The van der Waals surface area contributed by atoms with E-state index in [-0.39, 0.29) is 11.8 Å². The van der Waals surface area contributed by atoms with Crippen molar-refractivity contribution in [1.82, 2.24) is 4.98 Å². The van der Waals surface area contributed by atoms with Crippen LogP contribution in [0.3, 0.4) is 0 Å². The first kappa shape index (κ1) is 22.2. The summed E-state index contributed by atoms with van der Waals surface area (Å²) in [6.07, 6.45) is 6.36. The average Bonchev–Trinajstić information content (AvgIpc) is 2.71. The number of halogens is 2. The Bertz CT molecular complexity index is 1040. The molecule has 1 aromatic heterocycles. The summed E-state index contributed by atoms with van der Waals surface area (Å²) >= 11 is 4.44. The Labute approximate surface area is 202 Å².